The van der Waals surface area contributed by atoms with Gasteiger partial charge in [-0.2, -0.15) is 0 Å². The molecule has 0 aliphatic carbocycles. The highest BCUT2D eigenvalue weighted by Gasteiger charge is 2.26. The molecule has 1 heterocycles. The third-order valence-corrected chi connectivity index (χ3v) is 6.50. The lowest BCUT2D eigenvalue weighted by atomic mass is 10.1. The number of nitrogens with one attached hydrogen (secondary N) is 2. The first-order valence-corrected chi connectivity index (χ1v) is 10.7. The number of anilines is 1. The summed E-state index contributed by atoms with van der Waals surface area (Å²) in [6.45, 7) is 3.51. The van der Waals surface area contributed by atoms with Gasteiger partial charge in [0, 0.05) is 17.0 Å². The summed E-state index contributed by atoms with van der Waals surface area (Å²) in [6, 6.07) is 4.99. The summed E-state index contributed by atoms with van der Waals surface area (Å²) in [7, 11) is 1.50. The minimum atomic E-state index is -0.591. The number of rotatable bonds is 7. The van der Waals surface area contributed by atoms with Crippen LogP contribution >= 0.6 is 46.3 Å². The molecule has 0 radical (unpaired) electrons. The third kappa shape index (κ3) is 5.41. The Hall–Kier alpha value is -1.74. The first kappa shape index (κ1) is 22.5. The second-order valence-electron chi connectivity index (χ2n) is 5.47. The first-order chi connectivity index (χ1) is 13.3. The molecule has 2 aromatic rings. The highest BCUT2D eigenvalue weighted by molar-refractivity contribution is 8.00. The number of hydrogen-bond acceptors (Lipinski definition) is 6. The second-order valence-corrected chi connectivity index (χ2v) is 8.35. The molecule has 0 aliphatic heterocycles. The summed E-state index contributed by atoms with van der Waals surface area (Å²) < 4.78 is 5.06. The first-order valence-electron chi connectivity index (χ1n) is 8.18. The van der Waals surface area contributed by atoms with Crippen LogP contribution in [-0.2, 0) is 9.53 Å². The molecule has 0 spiro atoms. The summed E-state index contributed by atoms with van der Waals surface area (Å²) >= 11 is 14.3. The van der Waals surface area contributed by atoms with Crippen LogP contribution in [0.2, 0.25) is 10.0 Å². The zero-order chi connectivity index (χ0) is 20.8. The maximum atomic E-state index is 12.4. The van der Waals surface area contributed by atoms with Crippen LogP contribution in [-0.4, -0.2) is 37.2 Å². The summed E-state index contributed by atoms with van der Waals surface area (Å²) in [5.74, 6) is -1.23. The fourth-order valence-corrected chi connectivity index (χ4v) is 4.72. The van der Waals surface area contributed by atoms with Crippen molar-refractivity contribution in [2.24, 2.45) is 0 Å². The van der Waals surface area contributed by atoms with Crippen LogP contribution in [0, 0.1) is 6.92 Å². The minimum Gasteiger partial charge on any atom is -0.462 e. The number of carbonyl (C=O) groups is 3. The summed E-state index contributed by atoms with van der Waals surface area (Å²) in [5.41, 5.74) is 0.647. The Balaban J connectivity index is 2.21. The van der Waals surface area contributed by atoms with Crippen molar-refractivity contribution in [2.75, 3.05) is 24.7 Å². The predicted molar refractivity (Wildman–Crippen MR) is 114 cm³/mol. The van der Waals surface area contributed by atoms with E-state index >= 15 is 0 Å². The molecule has 0 saturated carbocycles. The van der Waals surface area contributed by atoms with Crippen molar-refractivity contribution < 1.29 is 19.1 Å². The summed E-state index contributed by atoms with van der Waals surface area (Å²) in [5, 5.41) is 6.50. The van der Waals surface area contributed by atoms with Gasteiger partial charge in [-0.1, -0.05) is 23.2 Å². The van der Waals surface area contributed by atoms with Gasteiger partial charge in [-0.25, -0.2) is 4.79 Å². The van der Waals surface area contributed by atoms with Crippen molar-refractivity contribution in [3.63, 3.8) is 0 Å². The molecule has 0 fully saturated rings. The number of benzene rings is 1. The van der Waals surface area contributed by atoms with Crippen LogP contribution in [0.5, 0.6) is 0 Å². The third-order valence-electron chi connectivity index (χ3n) is 3.56. The Morgan fingerprint density at radius 1 is 1.25 bits per heavy atom. The van der Waals surface area contributed by atoms with Crippen LogP contribution < -0.4 is 10.6 Å². The fraction of sp³-hybridized carbons (Fsp3) is 0.278. The lowest BCUT2D eigenvalue weighted by molar-refractivity contribution is -0.113. The van der Waals surface area contributed by atoms with Crippen molar-refractivity contribution in [2.45, 2.75) is 18.7 Å². The van der Waals surface area contributed by atoms with Crippen LogP contribution in [0.1, 0.15) is 32.5 Å². The van der Waals surface area contributed by atoms with Gasteiger partial charge in [0.2, 0.25) is 5.91 Å². The van der Waals surface area contributed by atoms with Crippen LogP contribution in [0.15, 0.2) is 23.1 Å². The van der Waals surface area contributed by atoms with Crippen LogP contribution in [0.25, 0.3) is 0 Å². The molecule has 28 heavy (non-hydrogen) atoms. The predicted octanol–water partition coefficient (Wildman–Crippen LogP) is 4.63. The molecule has 0 bridgehead atoms. The number of esters is 1. The van der Waals surface area contributed by atoms with E-state index in [0.717, 1.165) is 11.3 Å². The van der Waals surface area contributed by atoms with Gasteiger partial charge in [0.1, 0.15) is 5.00 Å². The number of halogens is 2. The quantitative estimate of drug-likeness (QED) is 0.464. The Morgan fingerprint density at radius 2 is 1.96 bits per heavy atom. The number of thioether (sulfide) groups is 1. The molecule has 150 valence electrons. The van der Waals surface area contributed by atoms with E-state index in [1.54, 1.807) is 32.0 Å². The number of amides is 2. The van der Waals surface area contributed by atoms with Gasteiger partial charge >= 0.3 is 5.97 Å². The molecule has 0 unspecified atom stereocenters. The van der Waals surface area contributed by atoms with Gasteiger partial charge in [0.25, 0.3) is 5.91 Å². The van der Waals surface area contributed by atoms with Crippen molar-refractivity contribution >= 4 is 69.1 Å². The molecule has 1 aromatic heterocycles. The Morgan fingerprint density at radius 3 is 2.61 bits per heavy atom. The van der Waals surface area contributed by atoms with Gasteiger partial charge in [-0.3, -0.25) is 9.59 Å². The van der Waals surface area contributed by atoms with E-state index in [1.165, 1.54) is 18.8 Å². The van der Waals surface area contributed by atoms with Crippen LogP contribution in [0.3, 0.4) is 0 Å². The minimum absolute atomic E-state index is 0.0502. The Kier molecular flexibility index (Phi) is 8.18. The van der Waals surface area contributed by atoms with Gasteiger partial charge in [0.15, 0.2) is 0 Å². The van der Waals surface area contributed by atoms with Gasteiger partial charge < -0.3 is 15.4 Å². The van der Waals surface area contributed by atoms with Crippen molar-refractivity contribution in [1.29, 1.82) is 0 Å². The van der Waals surface area contributed by atoms with Gasteiger partial charge in [-0.15, -0.1) is 23.1 Å². The molecule has 0 atom stereocenters. The highest BCUT2D eigenvalue weighted by atomic mass is 35.5. The Bertz CT molecular complexity index is 915. The monoisotopic (exact) mass is 460 g/mol. The molecule has 1 aromatic carbocycles. The lowest BCUT2D eigenvalue weighted by Gasteiger charge is -2.08. The zero-order valence-electron chi connectivity index (χ0n) is 15.4. The van der Waals surface area contributed by atoms with Crippen molar-refractivity contribution in [3.8, 4) is 0 Å². The normalized spacial score (nSPS) is 10.5. The topological polar surface area (TPSA) is 84.5 Å². The van der Waals surface area contributed by atoms with E-state index in [-0.39, 0.29) is 34.7 Å². The number of thiophene rings is 1. The van der Waals surface area contributed by atoms with Crippen molar-refractivity contribution in [1.82, 2.24) is 5.32 Å². The molecular weight excluding hydrogens is 443 g/mol. The van der Waals surface area contributed by atoms with E-state index < -0.39 is 5.97 Å². The average molecular weight is 461 g/mol. The van der Waals surface area contributed by atoms with Crippen LogP contribution in [0.4, 0.5) is 5.00 Å². The molecule has 0 aliphatic rings. The zero-order valence-corrected chi connectivity index (χ0v) is 18.5. The molecule has 10 heteroatoms. The SMILES string of the molecule is CCOC(=O)c1c(NC(=O)CSc2cc(Cl)ccc2Cl)sc(C(=O)NC)c1C. The number of hydrogen-bond donors (Lipinski definition) is 2. The van der Waals surface area contributed by atoms with E-state index in [4.69, 9.17) is 27.9 Å². The largest absolute Gasteiger partial charge is 0.462 e. The fourth-order valence-electron chi connectivity index (χ4n) is 2.27. The molecular formula is C18H18Cl2N2O4S2. The summed E-state index contributed by atoms with van der Waals surface area (Å²) in [6.07, 6.45) is 0. The number of carbonyl (C=O) groups excluding carboxylic acids is 3. The smallest absolute Gasteiger partial charge is 0.341 e. The molecule has 2 N–H and O–H groups in total. The second kappa shape index (κ2) is 10.2. The molecule has 0 saturated heterocycles. The van der Waals surface area contributed by atoms with E-state index in [1.807, 2.05) is 0 Å². The van der Waals surface area contributed by atoms with Crippen molar-refractivity contribution in [3.05, 3.63) is 44.2 Å². The van der Waals surface area contributed by atoms with Gasteiger partial charge in [0.05, 0.1) is 27.8 Å². The standard InChI is InChI=1S/C18H18Cl2N2O4S2/c1-4-26-18(25)14-9(2)15(16(24)21-3)28-17(14)22-13(23)8-27-12-7-10(19)5-6-11(12)20/h5-7H,4,8H2,1-3H3,(H,21,24)(H,22,23). The highest BCUT2D eigenvalue weighted by Crippen LogP contribution is 2.34. The Labute approximate surface area is 180 Å². The number of ether oxygens (including phenoxy) is 1. The van der Waals surface area contributed by atoms with E-state index in [0.29, 0.717) is 25.4 Å². The average Bonchev–Trinajstić information content (AvgIpc) is 2.98. The van der Waals surface area contributed by atoms with Gasteiger partial charge in [-0.05, 0) is 37.6 Å². The maximum absolute atomic E-state index is 12.4. The molecule has 2 amide bonds. The lowest BCUT2D eigenvalue weighted by Crippen LogP contribution is -2.18. The molecule has 6 nitrogen and oxygen atoms in total. The van der Waals surface area contributed by atoms with E-state index in [9.17, 15) is 14.4 Å². The van der Waals surface area contributed by atoms with E-state index in [2.05, 4.69) is 10.6 Å². The maximum Gasteiger partial charge on any atom is 0.341 e. The molecule has 2 rings (SSSR count). The summed E-state index contributed by atoms with van der Waals surface area (Å²) in [4.78, 5) is 37.8.